The zero-order valence-electron chi connectivity index (χ0n) is 22.4. The van der Waals surface area contributed by atoms with Crippen LogP contribution in [0, 0.1) is 11.6 Å². The van der Waals surface area contributed by atoms with Crippen LogP contribution in [0.15, 0.2) is 78.0 Å². The van der Waals surface area contributed by atoms with Crippen LogP contribution in [-0.4, -0.2) is 42.0 Å². The molecule has 1 saturated heterocycles. The largest absolute Gasteiger partial charge is 0.417 e. The fourth-order valence-electron chi connectivity index (χ4n) is 5.00. The Labute approximate surface area is 236 Å². The lowest BCUT2D eigenvalue weighted by Crippen LogP contribution is -2.42. The second kappa shape index (κ2) is 13.3. The Morgan fingerprint density at radius 3 is 2.05 bits per heavy atom. The molecule has 0 aromatic heterocycles. The molecule has 1 aliphatic heterocycles. The first-order valence-electron chi connectivity index (χ1n) is 13.7. The molecule has 0 unspecified atom stereocenters. The summed E-state index contributed by atoms with van der Waals surface area (Å²) in [5.74, 6) is -0.682. The van der Waals surface area contributed by atoms with E-state index in [0.29, 0.717) is 63.1 Å². The molecule has 1 N–H and O–H groups in total. The summed E-state index contributed by atoms with van der Waals surface area (Å²) in [7, 11) is 0. The van der Waals surface area contributed by atoms with Crippen LogP contribution in [0.2, 0.25) is 0 Å². The van der Waals surface area contributed by atoms with Gasteiger partial charge in [0.2, 0.25) is 0 Å². The van der Waals surface area contributed by atoms with E-state index in [1.54, 1.807) is 47.4 Å². The fourth-order valence-corrected chi connectivity index (χ4v) is 5.00. The maximum atomic E-state index is 14.9. The minimum atomic E-state index is -0.904. The number of benzene rings is 3. The summed E-state index contributed by atoms with van der Waals surface area (Å²) in [5, 5.41) is 6.61. The van der Waals surface area contributed by atoms with Gasteiger partial charge < -0.3 is 19.2 Å². The van der Waals surface area contributed by atoms with E-state index >= 15 is 0 Å². The van der Waals surface area contributed by atoms with Crippen LogP contribution in [0.5, 0.6) is 11.5 Å². The molecule has 0 radical (unpaired) electrons. The Kier molecular flexibility index (Phi) is 9.08. The molecule has 8 nitrogen and oxygen atoms in total. The third-order valence-corrected chi connectivity index (χ3v) is 7.26. The van der Waals surface area contributed by atoms with E-state index in [-0.39, 0.29) is 29.4 Å². The van der Waals surface area contributed by atoms with Gasteiger partial charge in [0.25, 0.3) is 0 Å². The quantitative estimate of drug-likeness (QED) is 0.319. The van der Waals surface area contributed by atoms with E-state index in [1.165, 1.54) is 0 Å². The number of carbonyl (C=O) groups excluding carboxylic acids is 2. The summed E-state index contributed by atoms with van der Waals surface area (Å²) < 4.78 is 40.2. The number of oxime groups is 1. The number of para-hydroxylation sites is 2. The Morgan fingerprint density at radius 2 is 1.41 bits per heavy atom. The van der Waals surface area contributed by atoms with E-state index in [9.17, 15) is 18.4 Å². The number of carbonyl (C=O) groups is 2. The summed E-state index contributed by atoms with van der Waals surface area (Å²) in [6.45, 7) is 1.03. The summed E-state index contributed by atoms with van der Waals surface area (Å²) >= 11 is 0. The first kappa shape index (κ1) is 28.1. The van der Waals surface area contributed by atoms with Crippen molar-refractivity contribution in [3.05, 3.63) is 90.0 Å². The number of piperidine rings is 1. The number of hydrogen-bond acceptors (Lipinski definition) is 6. The molecular weight excluding hydrogens is 532 g/mol. The van der Waals surface area contributed by atoms with Gasteiger partial charge in [-0.05, 0) is 67.5 Å². The molecule has 3 aromatic rings. The van der Waals surface area contributed by atoms with E-state index in [4.69, 9.17) is 14.3 Å². The van der Waals surface area contributed by atoms with Gasteiger partial charge in [-0.2, -0.15) is 0 Å². The Balaban J connectivity index is 1.07. The number of nitrogens with zero attached hydrogens (tertiary/aromatic N) is 2. The van der Waals surface area contributed by atoms with Gasteiger partial charge in [0.05, 0.1) is 11.4 Å². The van der Waals surface area contributed by atoms with Gasteiger partial charge in [0.1, 0.15) is 29.2 Å². The van der Waals surface area contributed by atoms with Gasteiger partial charge in [0.15, 0.2) is 0 Å². The highest BCUT2D eigenvalue weighted by Gasteiger charge is 2.27. The van der Waals surface area contributed by atoms with Gasteiger partial charge in [-0.15, -0.1) is 0 Å². The molecule has 0 atom stereocenters. The van der Waals surface area contributed by atoms with Crippen LogP contribution < -0.4 is 14.8 Å². The molecular formula is C31H31F2N3O5. The molecule has 1 saturated carbocycles. The fraction of sp³-hybridized carbons (Fsp3) is 0.323. The molecule has 2 aliphatic rings. The van der Waals surface area contributed by atoms with Crippen molar-refractivity contribution in [2.45, 2.75) is 50.5 Å². The minimum Gasteiger partial charge on any atom is -0.410 e. The highest BCUT2D eigenvalue weighted by atomic mass is 19.1. The van der Waals surface area contributed by atoms with E-state index < -0.39 is 17.7 Å². The predicted octanol–water partition coefficient (Wildman–Crippen LogP) is 7.27. The van der Waals surface area contributed by atoms with Crippen LogP contribution in [0.3, 0.4) is 0 Å². The number of halogens is 2. The normalized spacial score (nSPS) is 17.5. The maximum Gasteiger partial charge on any atom is 0.417 e. The van der Waals surface area contributed by atoms with Crippen molar-refractivity contribution in [2.24, 2.45) is 5.16 Å². The zero-order valence-corrected chi connectivity index (χ0v) is 22.4. The molecule has 1 aliphatic carbocycles. The number of rotatable bonds is 6. The highest BCUT2D eigenvalue weighted by molar-refractivity contribution is 5.86. The zero-order chi connectivity index (χ0) is 28.6. The van der Waals surface area contributed by atoms with Crippen molar-refractivity contribution in [3.63, 3.8) is 0 Å². The van der Waals surface area contributed by atoms with Gasteiger partial charge in [-0.1, -0.05) is 41.6 Å². The third kappa shape index (κ3) is 7.59. The number of likely N-dealkylation sites (tertiary alicyclic amines) is 1. The molecule has 2 amide bonds. The highest BCUT2D eigenvalue weighted by Crippen LogP contribution is 2.35. The number of hydrogen-bond donors (Lipinski definition) is 1. The van der Waals surface area contributed by atoms with Gasteiger partial charge in [-0.3, -0.25) is 5.32 Å². The monoisotopic (exact) mass is 563 g/mol. The van der Waals surface area contributed by atoms with Crippen LogP contribution in [0.25, 0.3) is 0 Å². The Morgan fingerprint density at radius 1 is 0.805 bits per heavy atom. The average Bonchev–Trinajstić information content (AvgIpc) is 2.99. The van der Waals surface area contributed by atoms with Gasteiger partial charge >= 0.3 is 12.2 Å². The maximum absolute atomic E-state index is 14.9. The van der Waals surface area contributed by atoms with Gasteiger partial charge in [0, 0.05) is 32.0 Å². The molecule has 1 heterocycles. The molecule has 214 valence electrons. The topological polar surface area (TPSA) is 89.5 Å². The Bertz CT molecular complexity index is 1370. The molecule has 0 spiro atoms. The van der Waals surface area contributed by atoms with Crippen molar-refractivity contribution < 1.29 is 32.7 Å². The van der Waals surface area contributed by atoms with Crippen molar-refractivity contribution in [3.8, 4) is 11.5 Å². The average molecular weight is 564 g/mol. The standard InChI is InChI=1S/C31H31F2N3O5/c32-27-20-29(34-30(37)39-23-7-3-1-4-8-23)28(33)19-26(27)21-11-13-22(14-12-21)35-41-25-15-17-36(18-16-25)31(38)40-24-9-5-2-6-10-24/h1-10,19-21,25H,11-18H2,(H,34,37). The first-order valence-corrected chi connectivity index (χ1v) is 13.7. The lowest BCUT2D eigenvalue weighted by atomic mass is 9.83. The smallest absolute Gasteiger partial charge is 0.410 e. The van der Waals surface area contributed by atoms with Gasteiger partial charge in [-0.25, -0.2) is 18.4 Å². The molecule has 5 rings (SSSR count). The molecule has 41 heavy (non-hydrogen) atoms. The third-order valence-electron chi connectivity index (χ3n) is 7.26. The first-order chi connectivity index (χ1) is 19.9. The Hall–Kier alpha value is -4.47. The van der Waals surface area contributed by atoms with E-state index in [2.05, 4.69) is 10.5 Å². The van der Waals surface area contributed by atoms with E-state index in [0.717, 1.165) is 17.8 Å². The SMILES string of the molecule is O=C(Nc1cc(F)c(C2CCC(=NOC3CCN(C(=O)Oc4ccccc4)CC3)CC2)cc1F)Oc1ccccc1. The van der Waals surface area contributed by atoms with Crippen molar-refractivity contribution >= 4 is 23.6 Å². The minimum absolute atomic E-state index is 0.0961. The number of nitrogens with one attached hydrogen (secondary N) is 1. The molecule has 0 bridgehead atoms. The summed E-state index contributed by atoms with van der Waals surface area (Å²) in [4.78, 5) is 31.9. The van der Waals surface area contributed by atoms with E-state index in [1.807, 2.05) is 18.2 Å². The number of amides is 2. The summed E-state index contributed by atoms with van der Waals surface area (Å²) in [5.41, 5.74) is 0.882. The van der Waals surface area contributed by atoms with Crippen LogP contribution in [0.1, 0.15) is 50.0 Å². The lowest BCUT2D eigenvalue weighted by molar-refractivity contribution is 0.0134. The van der Waals surface area contributed by atoms with Crippen molar-refractivity contribution in [2.75, 3.05) is 18.4 Å². The van der Waals surface area contributed by atoms with Crippen LogP contribution in [-0.2, 0) is 4.84 Å². The number of anilines is 1. The van der Waals surface area contributed by atoms with Crippen molar-refractivity contribution in [1.29, 1.82) is 0 Å². The van der Waals surface area contributed by atoms with Crippen LogP contribution in [0.4, 0.5) is 24.1 Å². The van der Waals surface area contributed by atoms with Crippen molar-refractivity contribution in [1.82, 2.24) is 4.90 Å². The van der Waals surface area contributed by atoms with Crippen LogP contribution >= 0.6 is 0 Å². The molecule has 3 aromatic carbocycles. The second-order valence-electron chi connectivity index (χ2n) is 10.1. The summed E-state index contributed by atoms with van der Waals surface area (Å²) in [6.07, 6.45) is 2.34. The molecule has 2 fully saturated rings. The second-order valence-corrected chi connectivity index (χ2v) is 10.1. The lowest BCUT2D eigenvalue weighted by Gasteiger charge is -2.30. The predicted molar refractivity (Wildman–Crippen MR) is 149 cm³/mol. The molecule has 10 heteroatoms. The number of ether oxygens (including phenoxy) is 2. The summed E-state index contributed by atoms with van der Waals surface area (Å²) in [6, 6.07) is 19.4.